The van der Waals surface area contributed by atoms with Crippen LogP contribution >= 0.6 is 11.6 Å². The number of hydrogen-bond donors (Lipinski definition) is 0. The number of alkyl halides is 1. The third kappa shape index (κ3) is 2.09. The van der Waals surface area contributed by atoms with Crippen LogP contribution in [0.5, 0.6) is 0 Å². The lowest BCUT2D eigenvalue weighted by molar-refractivity contribution is 0.759. The minimum Gasteiger partial charge on any atom is -0.269 e. The summed E-state index contributed by atoms with van der Waals surface area (Å²) in [6, 6.07) is 1.95. The number of allylic oxidation sites excluding steroid dienone is 1. The SMILES string of the molecule is CC(=Cc1ccnn1C)CCl. The highest BCUT2D eigenvalue weighted by molar-refractivity contribution is 6.19. The molecule has 0 amide bonds. The van der Waals surface area contributed by atoms with E-state index in [0.29, 0.717) is 5.88 Å². The molecule has 0 aromatic carbocycles. The third-order valence-electron chi connectivity index (χ3n) is 1.46. The molecule has 60 valence electrons. The maximum atomic E-state index is 5.62. The average Bonchev–Trinajstić information content (AvgIpc) is 2.37. The van der Waals surface area contributed by atoms with Crippen LogP contribution < -0.4 is 0 Å². The lowest BCUT2D eigenvalue weighted by Crippen LogP contribution is -1.92. The molecule has 0 bridgehead atoms. The van der Waals surface area contributed by atoms with Crippen LogP contribution in [0.1, 0.15) is 12.6 Å². The number of rotatable bonds is 2. The van der Waals surface area contributed by atoms with Crippen LogP contribution in [0.4, 0.5) is 0 Å². The second kappa shape index (κ2) is 3.58. The van der Waals surface area contributed by atoms with Crippen molar-refractivity contribution < 1.29 is 0 Å². The molecule has 3 heteroatoms. The van der Waals surface area contributed by atoms with Gasteiger partial charge in [0.05, 0.1) is 5.69 Å². The zero-order valence-electron chi connectivity index (χ0n) is 6.71. The second-order valence-electron chi connectivity index (χ2n) is 2.50. The van der Waals surface area contributed by atoms with Crippen molar-refractivity contribution in [1.82, 2.24) is 9.78 Å². The van der Waals surface area contributed by atoms with Crippen LogP contribution in [-0.4, -0.2) is 15.7 Å². The number of halogens is 1. The molecule has 0 unspecified atom stereocenters. The van der Waals surface area contributed by atoms with Crippen LogP contribution in [0.25, 0.3) is 6.08 Å². The Morgan fingerprint density at radius 2 is 2.55 bits per heavy atom. The zero-order valence-corrected chi connectivity index (χ0v) is 7.47. The molecule has 0 aliphatic heterocycles. The Labute approximate surface area is 71.5 Å². The van der Waals surface area contributed by atoms with Gasteiger partial charge in [0.15, 0.2) is 0 Å². The van der Waals surface area contributed by atoms with E-state index in [1.807, 2.05) is 30.8 Å². The Kier molecular flexibility index (Phi) is 2.71. The smallest absolute Gasteiger partial charge is 0.0606 e. The van der Waals surface area contributed by atoms with E-state index in [-0.39, 0.29) is 0 Å². The van der Waals surface area contributed by atoms with Gasteiger partial charge >= 0.3 is 0 Å². The van der Waals surface area contributed by atoms with Gasteiger partial charge in [0, 0.05) is 19.1 Å². The quantitative estimate of drug-likeness (QED) is 0.622. The molecule has 0 atom stereocenters. The van der Waals surface area contributed by atoms with Crippen LogP contribution in [0.3, 0.4) is 0 Å². The summed E-state index contributed by atoms with van der Waals surface area (Å²) in [7, 11) is 1.91. The summed E-state index contributed by atoms with van der Waals surface area (Å²) in [5.74, 6) is 0.575. The molecule has 0 fully saturated rings. The van der Waals surface area contributed by atoms with Crippen molar-refractivity contribution in [2.75, 3.05) is 5.88 Å². The van der Waals surface area contributed by atoms with E-state index < -0.39 is 0 Å². The summed E-state index contributed by atoms with van der Waals surface area (Å²) < 4.78 is 1.82. The fourth-order valence-corrected chi connectivity index (χ4v) is 0.894. The van der Waals surface area contributed by atoms with Crippen LogP contribution in [0.2, 0.25) is 0 Å². The third-order valence-corrected chi connectivity index (χ3v) is 1.89. The molecule has 1 heterocycles. The number of aryl methyl sites for hydroxylation is 1. The molecule has 0 aliphatic carbocycles. The van der Waals surface area contributed by atoms with Gasteiger partial charge in [0.1, 0.15) is 0 Å². The van der Waals surface area contributed by atoms with Crippen LogP contribution in [0.15, 0.2) is 17.8 Å². The Balaban J connectivity index is 2.86. The largest absolute Gasteiger partial charge is 0.269 e. The highest BCUT2D eigenvalue weighted by Crippen LogP contribution is 2.05. The van der Waals surface area contributed by atoms with Crippen LogP contribution in [0, 0.1) is 0 Å². The Bertz CT molecular complexity index is 263. The first-order valence-electron chi connectivity index (χ1n) is 3.45. The second-order valence-corrected chi connectivity index (χ2v) is 2.77. The van der Waals surface area contributed by atoms with Gasteiger partial charge in [-0.05, 0) is 19.1 Å². The first kappa shape index (κ1) is 8.34. The summed E-state index contributed by atoms with van der Waals surface area (Å²) in [6.07, 6.45) is 3.80. The average molecular weight is 171 g/mol. The summed E-state index contributed by atoms with van der Waals surface area (Å²) in [6.45, 7) is 2.00. The van der Waals surface area contributed by atoms with E-state index >= 15 is 0 Å². The van der Waals surface area contributed by atoms with E-state index in [0.717, 1.165) is 11.3 Å². The maximum absolute atomic E-state index is 5.62. The van der Waals surface area contributed by atoms with Gasteiger partial charge in [0.2, 0.25) is 0 Å². The van der Waals surface area contributed by atoms with Crippen LogP contribution in [-0.2, 0) is 7.05 Å². The highest BCUT2D eigenvalue weighted by Gasteiger charge is 1.93. The molecule has 0 saturated carbocycles. The molecule has 1 aromatic rings. The predicted octanol–water partition coefficient (Wildman–Crippen LogP) is 2.06. The lowest BCUT2D eigenvalue weighted by atomic mass is 10.3. The van der Waals surface area contributed by atoms with Gasteiger partial charge in [-0.1, -0.05) is 5.57 Å². The number of hydrogen-bond acceptors (Lipinski definition) is 1. The van der Waals surface area contributed by atoms with Gasteiger partial charge in [-0.2, -0.15) is 5.10 Å². The van der Waals surface area contributed by atoms with Crippen molar-refractivity contribution in [3.8, 4) is 0 Å². The normalized spacial score (nSPS) is 12.1. The van der Waals surface area contributed by atoms with Gasteiger partial charge in [-0.25, -0.2) is 0 Å². The molecule has 1 rings (SSSR count). The lowest BCUT2D eigenvalue weighted by Gasteiger charge is -1.95. The monoisotopic (exact) mass is 170 g/mol. The van der Waals surface area contributed by atoms with Crippen molar-refractivity contribution >= 4 is 17.7 Å². The van der Waals surface area contributed by atoms with Crippen molar-refractivity contribution in [2.45, 2.75) is 6.92 Å². The van der Waals surface area contributed by atoms with E-state index in [9.17, 15) is 0 Å². The molecule has 0 N–H and O–H groups in total. The maximum Gasteiger partial charge on any atom is 0.0606 e. The predicted molar refractivity (Wildman–Crippen MR) is 47.6 cm³/mol. The number of nitrogens with zero attached hydrogens (tertiary/aromatic N) is 2. The molecule has 2 nitrogen and oxygen atoms in total. The minimum atomic E-state index is 0.575. The van der Waals surface area contributed by atoms with Crippen molar-refractivity contribution in [3.63, 3.8) is 0 Å². The van der Waals surface area contributed by atoms with E-state index in [1.165, 1.54) is 0 Å². The highest BCUT2D eigenvalue weighted by atomic mass is 35.5. The van der Waals surface area contributed by atoms with Gasteiger partial charge in [0.25, 0.3) is 0 Å². The molecular formula is C8H11ClN2. The first-order chi connectivity index (χ1) is 5.24. The summed E-state index contributed by atoms with van der Waals surface area (Å²) in [4.78, 5) is 0. The Morgan fingerprint density at radius 3 is 3.00 bits per heavy atom. The summed E-state index contributed by atoms with van der Waals surface area (Å²) in [5, 5.41) is 4.03. The fourth-order valence-electron chi connectivity index (χ4n) is 0.817. The summed E-state index contributed by atoms with van der Waals surface area (Å²) in [5.41, 5.74) is 2.23. The van der Waals surface area contributed by atoms with Gasteiger partial charge in [-0.3, -0.25) is 4.68 Å². The molecule has 11 heavy (non-hydrogen) atoms. The number of aromatic nitrogens is 2. The van der Waals surface area contributed by atoms with Crippen molar-refractivity contribution in [1.29, 1.82) is 0 Å². The standard InChI is InChI=1S/C8H11ClN2/c1-7(6-9)5-8-3-4-10-11(8)2/h3-5H,6H2,1-2H3. The fraction of sp³-hybridized carbons (Fsp3) is 0.375. The van der Waals surface area contributed by atoms with Gasteiger partial charge in [-0.15, -0.1) is 11.6 Å². The minimum absolute atomic E-state index is 0.575. The molecular weight excluding hydrogens is 160 g/mol. The van der Waals surface area contributed by atoms with Gasteiger partial charge < -0.3 is 0 Å². The molecule has 0 aliphatic rings. The van der Waals surface area contributed by atoms with E-state index in [2.05, 4.69) is 5.10 Å². The van der Waals surface area contributed by atoms with E-state index in [1.54, 1.807) is 6.20 Å². The molecule has 1 aromatic heterocycles. The zero-order chi connectivity index (χ0) is 8.27. The first-order valence-corrected chi connectivity index (χ1v) is 3.98. The topological polar surface area (TPSA) is 17.8 Å². The van der Waals surface area contributed by atoms with E-state index in [4.69, 9.17) is 11.6 Å². The van der Waals surface area contributed by atoms with Crippen molar-refractivity contribution in [2.24, 2.45) is 7.05 Å². The molecule has 0 saturated heterocycles. The summed E-state index contributed by atoms with van der Waals surface area (Å²) >= 11 is 5.62. The molecule has 0 spiro atoms. The Hall–Kier alpha value is -0.760. The molecule has 0 radical (unpaired) electrons. The Morgan fingerprint density at radius 1 is 1.82 bits per heavy atom. The van der Waals surface area contributed by atoms with Crippen molar-refractivity contribution in [3.05, 3.63) is 23.5 Å².